The Labute approximate surface area is 93.3 Å². The predicted molar refractivity (Wildman–Crippen MR) is 63.0 cm³/mol. The molecule has 0 amide bonds. The zero-order valence-electron chi connectivity index (χ0n) is 10.7. The molecule has 0 unspecified atom stereocenters. The van der Waals surface area contributed by atoms with Crippen LogP contribution in [0.15, 0.2) is 4.42 Å². The number of nitrogens with zero attached hydrogens (tertiary/aromatic N) is 2. The lowest BCUT2D eigenvalue weighted by Gasteiger charge is -2.20. The van der Waals surface area contributed by atoms with Crippen LogP contribution in [-0.4, -0.2) is 10.2 Å². The SMILES string of the molecule is CC.CC.CCc1nnc(C2CCC2)o1. The highest BCUT2D eigenvalue weighted by Gasteiger charge is 2.24. The number of aromatic nitrogens is 2. The molecular formula is C12H24N2O. The van der Waals surface area contributed by atoms with Crippen LogP contribution in [0.4, 0.5) is 0 Å². The quantitative estimate of drug-likeness (QED) is 0.745. The van der Waals surface area contributed by atoms with Crippen LogP contribution < -0.4 is 0 Å². The summed E-state index contributed by atoms with van der Waals surface area (Å²) in [5, 5.41) is 7.91. The molecule has 1 fully saturated rings. The summed E-state index contributed by atoms with van der Waals surface area (Å²) < 4.78 is 5.41. The molecule has 3 heteroatoms. The highest BCUT2D eigenvalue weighted by molar-refractivity contribution is 4.95. The number of aryl methyl sites for hydroxylation is 1. The minimum Gasteiger partial charge on any atom is -0.425 e. The largest absolute Gasteiger partial charge is 0.425 e. The first-order chi connectivity index (χ1) is 7.40. The molecule has 0 atom stereocenters. The van der Waals surface area contributed by atoms with Gasteiger partial charge >= 0.3 is 0 Å². The van der Waals surface area contributed by atoms with Crippen LogP contribution in [0.25, 0.3) is 0 Å². The topological polar surface area (TPSA) is 38.9 Å². The molecule has 1 aromatic rings. The van der Waals surface area contributed by atoms with E-state index in [1.54, 1.807) is 0 Å². The maximum absolute atomic E-state index is 5.41. The fourth-order valence-corrected chi connectivity index (χ4v) is 1.23. The molecule has 15 heavy (non-hydrogen) atoms. The van der Waals surface area contributed by atoms with Crippen molar-refractivity contribution in [2.45, 2.75) is 66.2 Å². The maximum Gasteiger partial charge on any atom is 0.219 e. The van der Waals surface area contributed by atoms with Crippen LogP contribution in [0.2, 0.25) is 0 Å². The molecule has 1 aromatic heterocycles. The van der Waals surface area contributed by atoms with E-state index in [2.05, 4.69) is 10.2 Å². The Kier molecular flexibility index (Phi) is 7.96. The van der Waals surface area contributed by atoms with Crippen LogP contribution >= 0.6 is 0 Å². The average molecular weight is 212 g/mol. The van der Waals surface area contributed by atoms with E-state index in [-0.39, 0.29) is 0 Å². The van der Waals surface area contributed by atoms with Crippen LogP contribution in [0.5, 0.6) is 0 Å². The van der Waals surface area contributed by atoms with Gasteiger partial charge in [-0.15, -0.1) is 10.2 Å². The molecule has 88 valence electrons. The van der Waals surface area contributed by atoms with E-state index in [1.807, 2.05) is 34.6 Å². The maximum atomic E-state index is 5.41. The summed E-state index contributed by atoms with van der Waals surface area (Å²) in [6, 6.07) is 0. The smallest absolute Gasteiger partial charge is 0.219 e. The fourth-order valence-electron chi connectivity index (χ4n) is 1.23. The zero-order valence-corrected chi connectivity index (χ0v) is 10.7. The Balaban J connectivity index is 0.000000442. The van der Waals surface area contributed by atoms with Crippen molar-refractivity contribution in [2.24, 2.45) is 0 Å². The zero-order chi connectivity index (χ0) is 11.7. The Morgan fingerprint density at radius 2 is 1.73 bits per heavy atom. The predicted octanol–water partition coefficient (Wildman–Crippen LogP) is 3.95. The lowest BCUT2D eigenvalue weighted by Crippen LogP contribution is -2.08. The third-order valence-corrected chi connectivity index (χ3v) is 2.24. The normalized spacial score (nSPS) is 14.2. The monoisotopic (exact) mass is 212 g/mol. The van der Waals surface area contributed by atoms with Gasteiger partial charge in [-0.1, -0.05) is 41.0 Å². The molecule has 3 nitrogen and oxygen atoms in total. The van der Waals surface area contributed by atoms with E-state index >= 15 is 0 Å². The molecule has 0 bridgehead atoms. The molecule has 1 aliphatic rings. The molecule has 2 rings (SSSR count). The van der Waals surface area contributed by atoms with E-state index in [4.69, 9.17) is 4.42 Å². The van der Waals surface area contributed by atoms with Crippen molar-refractivity contribution < 1.29 is 4.42 Å². The minimum absolute atomic E-state index is 0.572. The van der Waals surface area contributed by atoms with Gasteiger partial charge in [0.1, 0.15) is 0 Å². The van der Waals surface area contributed by atoms with Gasteiger partial charge in [0.2, 0.25) is 11.8 Å². The molecule has 1 aliphatic carbocycles. The third-order valence-electron chi connectivity index (χ3n) is 2.24. The second-order valence-electron chi connectivity index (χ2n) is 3.02. The van der Waals surface area contributed by atoms with E-state index < -0.39 is 0 Å². The van der Waals surface area contributed by atoms with Gasteiger partial charge in [-0.2, -0.15) is 0 Å². The number of hydrogen-bond donors (Lipinski definition) is 0. The van der Waals surface area contributed by atoms with Gasteiger partial charge < -0.3 is 4.42 Å². The summed E-state index contributed by atoms with van der Waals surface area (Å²) in [5.74, 6) is 2.20. The van der Waals surface area contributed by atoms with Gasteiger partial charge in [0.05, 0.1) is 0 Å². The summed E-state index contributed by atoms with van der Waals surface area (Å²) >= 11 is 0. The van der Waals surface area contributed by atoms with Gasteiger partial charge in [-0.3, -0.25) is 0 Å². The number of hydrogen-bond acceptors (Lipinski definition) is 3. The Morgan fingerprint density at radius 1 is 1.13 bits per heavy atom. The highest BCUT2D eigenvalue weighted by Crippen LogP contribution is 2.35. The minimum atomic E-state index is 0.572. The first-order valence-electron chi connectivity index (χ1n) is 6.22. The molecule has 0 radical (unpaired) electrons. The molecule has 0 N–H and O–H groups in total. The van der Waals surface area contributed by atoms with Gasteiger partial charge in [0, 0.05) is 12.3 Å². The summed E-state index contributed by atoms with van der Waals surface area (Å²) in [5.41, 5.74) is 0. The van der Waals surface area contributed by atoms with E-state index in [9.17, 15) is 0 Å². The van der Waals surface area contributed by atoms with Crippen LogP contribution in [0.3, 0.4) is 0 Å². The molecular weight excluding hydrogens is 188 g/mol. The Hall–Kier alpha value is -0.860. The van der Waals surface area contributed by atoms with Gasteiger partial charge in [-0.25, -0.2) is 0 Å². The van der Waals surface area contributed by atoms with Crippen LogP contribution in [-0.2, 0) is 6.42 Å². The number of rotatable bonds is 2. The van der Waals surface area contributed by atoms with Crippen molar-refractivity contribution in [3.05, 3.63) is 11.8 Å². The average Bonchev–Trinajstić information content (AvgIpc) is 2.70. The van der Waals surface area contributed by atoms with Gasteiger partial charge in [-0.05, 0) is 12.8 Å². The van der Waals surface area contributed by atoms with E-state index in [0.29, 0.717) is 5.92 Å². The lowest BCUT2D eigenvalue weighted by molar-refractivity contribution is 0.325. The molecule has 1 heterocycles. The van der Waals surface area contributed by atoms with Crippen molar-refractivity contribution in [1.29, 1.82) is 0 Å². The molecule has 0 aliphatic heterocycles. The lowest BCUT2D eigenvalue weighted by atomic mass is 9.85. The standard InChI is InChI=1S/C8H12N2O.2C2H6/c1-2-7-9-10-8(11-7)6-4-3-5-6;2*1-2/h6H,2-5H2,1H3;2*1-2H3. The second kappa shape index (κ2) is 8.45. The van der Waals surface area contributed by atoms with Crippen LogP contribution in [0.1, 0.15) is 71.6 Å². The van der Waals surface area contributed by atoms with Crippen molar-refractivity contribution in [3.8, 4) is 0 Å². The van der Waals surface area contributed by atoms with Gasteiger partial charge in [0.25, 0.3) is 0 Å². The van der Waals surface area contributed by atoms with Crippen molar-refractivity contribution >= 4 is 0 Å². The Morgan fingerprint density at radius 3 is 2.07 bits per heavy atom. The second-order valence-corrected chi connectivity index (χ2v) is 3.02. The summed E-state index contributed by atoms with van der Waals surface area (Å²) in [6.45, 7) is 10.0. The molecule has 0 spiro atoms. The van der Waals surface area contributed by atoms with Crippen molar-refractivity contribution in [3.63, 3.8) is 0 Å². The van der Waals surface area contributed by atoms with Crippen molar-refractivity contribution in [1.82, 2.24) is 10.2 Å². The van der Waals surface area contributed by atoms with E-state index in [0.717, 1.165) is 18.2 Å². The van der Waals surface area contributed by atoms with Gasteiger partial charge in [0.15, 0.2) is 0 Å². The first-order valence-corrected chi connectivity index (χ1v) is 6.22. The van der Waals surface area contributed by atoms with Crippen molar-refractivity contribution in [2.75, 3.05) is 0 Å². The summed E-state index contributed by atoms with van der Waals surface area (Å²) in [6.07, 6.45) is 4.62. The fraction of sp³-hybridized carbons (Fsp3) is 0.833. The van der Waals surface area contributed by atoms with E-state index in [1.165, 1.54) is 19.3 Å². The first kappa shape index (κ1) is 14.1. The summed E-state index contributed by atoms with van der Waals surface area (Å²) in [7, 11) is 0. The molecule has 0 saturated heterocycles. The highest BCUT2D eigenvalue weighted by atomic mass is 16.4. The molecule has 0 aromatic carbocycles. The summed E-state index contributed by atoms with van der Waals surface area (Å²) in [4.78, 5) is 0. The molecule has 1 saturated carbocycles. The third kappa shape index (κ3) is 4.02. The van der Waals surface area contributed by atoms with Crippen LogP contribution in [0, 0.1) is 0 Å². The Bertz CT molecular complexity index is 242.